The van der Waals surface area contributed by atoms with Gasteiger partial charge in [0, 0.05) is 48.5 Å². The first kappa shape index (κ1) is 25.3. The number of aromatic nitrogens is 3. The van der Waals surface area contributed by atoms with Crippen LogP contribution in [0.3, 0.4) is 0 Å². The monoisotopic (exact) mass is 531 g/mol. The summed E-state index contributed by atoms with van der Waals surface area (Å²) in [6.45, 7) is 9.74. The molecule has 2 saturated heterocycles. The lowest BCUT2D eigenvalue weighted by molar-refractivity contribution is -0.190. The second kappa shape index (κ2) is 10.9. The lowest BCUT2D eigenvalue weighted by atomic mass is 10.1. The highest BCUT2D eigenvalue weighted by atomic mass is 35.5. The average Bonchev–Trinajstić information content (AvgIpc) is 3.54. The van der Waals surface area contributed by atoms with Crippen molar-refractivity contribution in [3.05, 3.63) is 70.7 Å². The van der Waals surface area contributed by atoms with E-state index in [1.165, 1.54) is 12.0 Å². The molecule has 0 saturated carbocycles. The van der Waals surface area contributed by atoms with Crippen molar-refractivity contribution < 1.29 is 14.2 Å². The normalized spacial score (nSPS) is 22.9. The number of piperazine rings is 1. The van der Waals surface area contributed by atoms with E-state index in [1.807, 2.05) is 18.2 Å². The molecule has 0 bridgehead atoms. The zero-order valence-electron chi connectivity index (χ0n) is 20.5. The Morgan fingerprint density at radius 2 is 1.86 bits per heavy atom. The number of rotatable bonds is 8. The predicted molar refractivity (Wildman–Crippen MR) is 140 cm³/mol. The molecule has 0 spiro atoms. The van der Waals surface area contributed by atoms with Crippen molar-refractivity contribution in [2.45, 2.75) is 38.3 Å². The molecule has 8 nitrogen and oxygen atoms in total. The molecule has 2 fully saturated rings. The van der Waals surface area contributed by atoms with Gasteiger partial charge < -0.3 is 19.1 Å². The van der Waals surface area contributed by atoms with Crippen LogP contribution in [0, 0.1) is 0 Å². The maximum atomic E-state index is 6.53. The molecule has 192 valence electrons. The molecule has 2 atom stereocenters. The Morgan fingerprint density at radius 3 is 2.53 bits per heavy atom. The molecule has 10 heteroatoms. The van der Waals surface area contributed by atoms with Gasteiger partial charge in [-0.05, 0) is 50.2 Å². The molecular formula is C26H31Cl2N5O3. The summed E-state index contributed by atoms with van der Waals surface area (Å²) >= 11 is 12.7. The Balaban J connectivity index is 1.21. The average molecular weight is 532 g/mol. The van der Waals surface area contributed by atoms with E-state index in [-0.39, 0.29) is 6.10 Å². The molecule has 1 unspecified atom stereocenters. The minimum Gasteiger partial charge on any atom is -0.491 e. The van der Waals surface area contributed by atoms with E-state index >= 15 is 0 Å². The van der Waals surface area contributed by atoms with E-state index < -0.39 is 5.79 Å². The fourth-order valence-corrected chi connectivity index (χ4v) is 5.27. The van der Waals surface area contributed by atoms with Gasteiger partial charge in [0.1, 0.15) is 37.7 Å². The fraction of sp³-hybridized carbons (Fsp3) is 0.462. The molecule has 3 aromatic rings. The van der Waals surface area contributed by atoms with Crippen molar-refractivity contribution in [1.29, 1.82) is 0 Å². The molecule has 2 aromatic carbocycles. The molecule has 5 rings (SSSR count). The second-order valence-corrected chi connectivity index (χ2v) is 10.3. The van der Waals surface area contributed by atoms with E-state index in [0.717, 1.165) is 31.9 Å². The number of nitrogens with zero attached hydrogens (tertiary/aromatic N) is 5. The minimum atomic E-state index is -1.12. The quantitative estimate of drug-likeness (QED) is 0.425. The topological polar surface area (TPSA) is 64.9 Å². The van der Waals surface area contributed by atoms with E-state index in [0.29, 0.717) is 41.4 Å². The van der Waals surface area contributed by atoms with Crippen molar-refractivity contribution in [3.63, 3.8) is 0 Å². The second-order valence-electron chi connectivity index (χ2n) is 9.44. The molecule has 0 amide bonds. The molecule has 0 aliphatic carbocycles. The number of anilines is 1. The van der Waals surface area contributed by atoms with Crippen molar-refractivity contribution in [3.8, 4) is 5.75 Å². The first-order chi connectivity index (χ1) is 17.4. The molecule has 2 aliphatic heterocycles. The van der Waals surface area contributed by atoms with Gasteiger partial charge in [0.15, 0.2) is 0 Å². The van der Waals surface area contributed by atoms with Gasteiger partial charge >= 0.3 is 0 Å². The highest BCUT2D eigenvalue weighted by molar-refractivity contribution is 6.35. The highest BCUT2D eigenvalue weighted by Gasteiger charge is 2.45. The van der Waals surface area contributed by atoms with E-state index in [9.17, 15) is 0 Å². The number of benzene rings is 2. The van der Waals surface area contributed by atoms with Crippen molar-refractivity contribution >= 4 is 28.9 Å². The number of ether oxygens (including phenoxy) is 3. The minimum absolute atomic E-state index is 0.288. The summed E-state index contributed by atoms with van der Waals surface area (Å²) in [6, 6.07) is 14.1. The van der Waals surface area contributed by atoms with Crippen LogP contribution in [0.4, 0.5) is 5.69 Å². The Labute approximate surface area is 221 Å². The smallest absolute Gasteiger partial charge is 0.217 e. The van der Waals surface area contributed by atoms with Crippen LogP contribution >= 0.6 is 23.2 Å². The van der Waals surface area contributed by atoms with Crippen LogP contribution in [-0.2, 0) is 21.8 Å². The third-order valence-electron chi connectivity index (χ3n) is 6.72. The zero-order chi connectivity index (χ0) is 25.1. The summed E-state index contributed by atoms with van der Waals surface area (Å²) < 4.78 is 20.4. The predicted octanol–water partition coefficient (Wildman–Crippen LogP) is 4.46. The molecule has 0 radical (unpaired) electrons. The van der Waals surface area contributed by atoms with Gasteiger partial charge in [0.2, 0.25) is 5.79 Å². The largest absolute Gasteiger partial charge is 0.491 e. The van der Waals surface area contributed by atoms with Crippen LogP contribution in [-0.4, -0.2) is 71.2 Å². The van der Waals surface area contributed by atoms with Gasteiger partial charge in [-0.3, -0.25) is 4.90 Å². The van der Waals surface area contributed by atoms with Crippen LogP contribution in [0.5, 0.6) is 5.75 Å². The van der Waals surface area contributed by atoms with Gasteiger partial charge in [-0.1, -0.05) is 29.3 Å². The SMILES string of the molecule is CC(C)N1CCN(c2ccc(OC[C@H]3COC(Cn4cncn4)(c4ccc(Cl)cc4Cl)O3)cc2)CC1. The van der Waals surface area contributed by atoms with Crippen LogP contribution in [0.15, 0.2) is 55.1 Å². The first-order valence-electron chi connectivity index (χ1n) is 12.2. The van der Waals surface area contributed by atoms with Crippen molar-refractivity contribution in [1.82, 2.24) is 19.7 Å². The lowest BCUT2D eigenvalue weighted by Crippen LogP contribution is -2.48. The summed E-state index contributed by atoms with van der Waals surface area (Å²) in [6.07, 6.45) is 2.80. The zero-order valence-corrected chi connectivity index (χ0v) is 22.0. The summed E-state index contributed by atoms with van der Waals surface area (Å²) in [7, 11) is 0. The van der Waals surface area contributed by atoms with E-state index in [2.05, 4.69) is 45.9 Å². The van der Waals surface area contributed by atoms with E-state index in [1.54, 1.807) is 23.1 Å². The number of hydrogen-bond donors (Lipinski definition) is 0. The maximum Gasteiger partial charge on any atom is 0.217 e. The lowest BCUT2D eigenvalue weighted by Gasteiger charge is -2.38. The third-order valence-corrected chi connectivity index (χ3v) is 7.27. The maximum absolute atomic E-state index is 6.53. The van der Waals surface area contributed by atoms with Gasteiger partial charge in [0.25, 0.3) is 0 Å². The summed E-state index contributed by atoms with van der Waals surface area (Å²) in [5.41, 5.74) is 1.91. The van der Waals surface area contributed by atoms with Gasteiger partial charge in [-0.15, -0.1) is 0 Å². The third kappa shape index (κ3) is 5.63. The summed E-state index contributed by atoms with van der Waals surface area (Å²) in [5.74, 6) is -0.327. The highest BCUT2D eigenvalue weighted by Crippen LogP contribution is 2.40. The number of halogens is 2. The Hall–Kier alpha value is -2.36. The fourth-order valence-electron chi connectivity index (χ4n) is 4.72. The van der Waals surface area contributed by atoms with Crippen LogP contribution in [0.25, 0.3) is 0 Å². The van der Waals surface area contributed by atoms with Crippen LogP contribution in [0.1, 0.15) is 19.4 Å². The van der Waals surface area contributed by atoms with Crippen LogP contribution in [0.2, 0.25) is 10.0 Å². The van der Waals surface area contributed by atoms with E-state index in [4.69, 9.17) is 37.4 Å². The molecule has 3 heterocycles. The number of hydrogen-bond acceptors (Lipinski definition) is 7. The summed E-state index contributed by atoms with van der Waals surface area (Å²) in [4.78, 5) is 8.96. The Bertz CT molecular complexity index is 1140. The van der Waals surface area contributed by atoms with Crippen molar-refractivity contribution in [2.75, 3.05) is 44.3 Å². The Kier molecular flexibility index (Phi) is 7.69. The molecule has 36 heavy (non-hydrogen) atoms. The van der Waals surface area contributed by atoms with Crippen LogP contribution < -0.4 is 9.64 Å². The summed E-state index contributed by atoms with van der Waals surface area (Å²) in [5, 5.41) is 5.22. The standard InChI is InChI=1S/C26H31Cl2N5O3/c1-19(2)31-9-11-32(12-10-31)21-4-6-22(7-5-21)34-14-23-15-35-26(36-23,16-33-18-29-17-30-33)24-8-3-20(27)13-25(24)28/h3-8,13,17-19,23H,9-12,14-16H2,1-2H3/t23-,26?/m0/s1. The molecule has 1 aromatic heterocycles. The Morgan fingerprint density at radius 1 is 1.08 bits per heavy atom. The van der Waals surface area contributed by atoms with Crippen molar-refractivity contribution in [2.24, 2.45) is 0 Å². The van der Waals surface area contributed by atoms with Gasteiger partial charge in [0.05, 0.1) is 11.6 Å². The molecular weight excluding hydrogens is 501 g/mol. The van der Waals surface area contributed by atoms with Gasteiger partial charge in [-0.2, -0.15) is 5.10 Å². The molecule has 2 aliphatic rings. The van der Waals surface area contributed by atoms with Gasteiger partial charge in [-0.25, -0.2) is 9.67 Å². The first-order valence-corrected chi connectivity index (χ1v) is 13.0. The molecule has 0 N–H and O–H groups in total.